The number of amides is 2. The van der Waals surface area contributed by atoms with Crippen molar-refractivity contribution in [1.82, 2.24) is 10.6 Å². The monoisotopic (exact) mass is 476 g/mol. The summed E-state index contributed by atoms with van der Waals surface area (Å²) in [5, 5.41) is 28.3. The highest BCUT2D eigenvalue weighted by atomic mass is 32.1. The van der Waals surface area contributed by atoms with Crippen LogP contribution in [0, 0.1) is 5.92 Å². The maximum absolute atomic E-state index is 13.0. The van der Waals surface area contributed by atoms with Crippen LogP contribution in [0.4, 0.5) is 4.79 Å². The van der Waals surface area contributed by atoms with E-state index in [4.69, 9.17) is 4.74 Å². The van der Waals surface area contributed by atoms with Crippen molar-refractivity contribution < 1.29 is 24.5 Å². The van der Waals surface area contributed by atoms with Gasteiger partial charge in [0.1, 0.15) is 11.7 Å². The Bertz CT molecular complexity index is 894. The molecule has 0 aliphatic heterocycles. The maximum Gasteiger partial charge on any atom is 0.407 e. The fourth-order valence-corrected chi connectivity index (χ4v) is 4.33. The molecule has 0 spiro atoms. The van der Waals surface area contributed by atoms with E-state index in [0.717, 1.165) is 12.0 Å². The molecule has 8 heteroatoms. The van der Waals surface area contributed by atoms with Gasteiger partial charge >= 0.3 is 6.09 Å². The normalized spacial score (nSPS) is 15.2. The molecule has 2 aromatic rings. The van der Waals surface area contributed by atoms with E-state index >= 15 is 0 Å². The van der Waals surface area contributed by atoms with Gasteiger partial charge in [0.15, 0.2) is 0 Å². The number of benzene rings is 1. The Kier molecular flexibility index (Phi) is 9.88. The molecule has 0 aliphatic carbocycles. The average Bonchev–Trinajstić information content (AvgIpc) is 3.25. The summed E-state index contributed by atoms with van der Waals surface area (Å²) in [7, 11) is 0. The van der Waals surface area contributed by atoms with Crippen LogP contribution >= 0.6 is 11.3 Å². The van der Waals surface area contributed by atoms with Gasteiger partial charge < -0.3 is 25.6 Å². The quantitative estimate of drug-likeness (QED) is 0.414. The van der Waals surface area contributed by atoms with Gasteiger partial charge in [-0.15, -0.1) is 11.3 Å². The van der Waals surface area contributed by atoms with Crippen molar-refractivity contribution in [3.05, 3.63) is 57.8 Å². The van der Waals surface area contributed by atoms with Crippen molar-refractivity contribution >= 4 is 23.3 Å². The van der Waals surface area contributed by atoms with Crippen LogP contribution in [-0.4, -0.2) is 46.5 Å². The van der Waals surface area contributed by atoms with Gasteiger partial charge in [0.25, 0.3) is 5.91 Å². The molecule has 0 bridgehead atoms. The predicted molar refractivity (Wildman–Crippen MR) is 130 cm³/mol. The lowest BCUT2D eigenvalue weighted by Gasteiger charge is -2.27. The van der Waals surface area contributed by atoms with Crippen LogP contribution in [0.2, 0.25) is 0 Å². The number of alkyl carbamates (subject to hydrolysis) is 1. The van der Waals surface area contributed by atoms with Crippen LogP contribution in [-0.2, 0) is 11.2 Å². The van der Waals surface area contributed by atoms with E-state index in [1.807, 2.05) is 44.2 Å². The van der Waals surface area contributed by atoms with Crippen molar-refractivity contribution in [2.75, 3.05) is 6.61 Å². The Hall–Kier alpha value is -2.42. The molecule has 0 aliphatic rings. The van der Waals surface area contributed by atoms with E-state index in [9.17, 15) is 19.8 Å². The number of hydrogen-bond donors (Lipinski definition) is 4. The topological polar surface area (TPSA) is 108 Å². The van der Waals surface area contributed by atoms with E-state index in [-0.39, 0.29) is 24.5 Å². The lowest BCUT2D eigenvalue weighted by Crippen LogP contribution is -2.44. The van der Waals surface area contributed by atoms with Crippen molar-refractivity contribution in [3.8, 4) is 0 Å². The second kappa shape index (κ2) is 12.2. The molecule has 33 heavy (non-hydrogen) atoms. The molecule has 0 saturated carbocycles. The van der Waals surface area contributed by atoms with Gasteiger partial charge in [0.05, 0.1) is 24.3 Å². The maximum atomic E-state index is 13.0. The van der Waals surface area contributed by atoms with E-state index in [1.165, 1.54) is 11.3 Å². The Morgan fingerprint density at radius 1 is 1.09 bits per heavy atom. The Labute approximate surface area is 200 Å². The summed E-state index contributed by atoms with van der Waals surface area (Å²) in [5.41, 5.74) is 0.575. The lowest BCUT2D eigenvalue weighted by atomic mass is 9.97. The standard InChI is InChI=1S/C25H36N2O5S/c1-6-16(2)20(15-28)26-23(30)18-12-13-33-22(18)21(29)19(14-17-10-8-7-9-11-17)27-24(31)32-25(3,4)5/h7-13,16,19-21,28-29H,6,14-15H2,1-5H3,(H,26,30)(H,27,31). The van der Waals surface area contributed by atoms with Gasteiger partial charge in [-0.05, 0) is 50.1 Å². The molecular weight excluding hydrogens is 440 g/mol. The van der Waals surface area contributed by atoms with Gasteiger partial charge in [-0.1, -0.05) is 50.6 Å². The van der Waals surface area contributed by atoms with E-state index in [1.54, 1.807) is 32.2 Å². The molecule has 0 radical (unpaired) electrons. The second-order valence-electron chi connectivity index (χ2n) is 9.23. The summed E-state index contributed by atoms with van der Waals surface area (Å²) in [4.78, 5) is 25.9. The molecule has 4 atom stereocenters. The van der Waals surface area contributed by atoms with Gasteiger partial charge in [0.2, 0.25) is 0 Å². The molecule has 7 nitrogen and oxygen atoms in total. The van der Waals surface area contributed by atoms with Crippen molar-refractivity contribution in [1.29, 1.82) is 0 Å². The zero-order chi connectivity index (χ0) is 24.6. The Morgan fingerprint density at radius 3 is 2.33 bits per heavy atom. The molecule has 0 fully saturated rings. The average molecular weight is 477 g/mol. The summed E-state index contributed by atoms with van der Waals surface area (Å²) in [6.45, 7) is 9.10. The molecule has 0 saturated heterocycles. The van der Waals surface area contributed by atoms with E-state index in [0.29, 0.717) is 16.9 Å². The van der Waals surface area contributed by atoms with Crippen LogP contribution in [0.5, 0.6) is 0 Å². The molecule has 4 unspecified atom stereocenters. The van der Waals surface area contributed by atoms with Gasteiger partial charge in [-0.25, -0.2) is 4.79 Å². The number of carbonyl (C=O) groups excluding carboxylic acids is 2. The first-order valence-corrected chi connectivity index (χ1v) is 12.1. The van der Waals surface area contributed by atoms with Crippen LogP contribution < -0.4 is 10.6 Å². The van der Waals surface area contributed by atoms with E-state index in [2.05, 4.69) is 10.6 Å². The predicted octanol–water partition coefficient (Wildman–Crippen LogP) is 4.05. The molecule has 2 rings (SSSR count). The molecule has 1 aromatic heterocycles. The number of nitrogens with one attached hydrogen (secondary N) is 2. The lowest BCUT2D eigenvalue weighted by molar-refractivity contribution is 0.0424. The van der Waals surface area contributed by atoms with Crippen LogP contribution in [0.3, 0.4) is 0 Å². The fraction of sp³-hybridized carbons (Fsp3) is 0.520. The fourth-order valence-electron chi connectivity index (χ4n) is 3.39. The Morgan fingerprint density at radius 2 is 1.76 bits per heavy atom. The third kappa shape index (κ3) is 8.14. The van der Waals surface area contributed by atoms with Crippen LogP contribution in [0.1, 0.15) is 67.9 Å². The second-order valence-corrected chi connectivity index (χ2v) is 10.2. The number of carbonyl (C=O) groups is 2. The number of aliphatic hydroxyl groups excluding tert-OH is 2. The summed E-state index contributed by atoms with van der Waals surface area (Å²) >= 11 is 1.25. The minimum atomic E-state index is -1.13. The summed E-state index contributed by atoms with van der Waals surface area (Å²) in [6.07, 6.45) is -0.604. The van der Waals surface area contributed by atoms with Crippen molar-refractivity contribution in [3.63, 3.8) is 0 Å². The Balaban J connectivity index is 2.27. The first kappa shape index (κ1) is 26.8. The third-order valence-electron chi connectivity index (χ3n) is 5.43. The van der Waals surface area contributed by atoms with Gasteiger partial charge in [0, 0.05) is 4.88 Å². The zero-order valence-corrected chi connectivity index (χ0v) is 20.8. The minimum Gasteiger partial charge on any atom is -0.444 e. The van der Waals surface area contributed by atoms with Crippen molar-refractivity contribution in [2.45, 2.75) is 71.2 Å². The largest absolute Gasteiger partial charge is 0.444 e. The van der Waals surface area contributed by atoms with Crippen LogP contribution in [0.25, 0.3) is 0 Å². The number of rotatable bonds is 10. The molecule has 2 amide bonds. The molecular formula is C25H36N2O5S. The molecule has 4 N–H and O–H groups in total. The molecule has 182 valence electrons. The number of aliphatic hydroxyl groups is 2. The summed E-state index contributed by atoms with van der Waals surface area (Å²) in [6, 6.07) is 10.1. The highest BCUT2D eigenvalue weighted by Crippen LogP contribution is 2.29. The van der Waals surface area contributed by atoms with Gasteiger partial charge in [-0.2, -0.15) is 0 Å². The smallest absolute Gasteiger partial charge is 0.407 e. The van der Waals surface area contributed by atoms with Crippen molar-refractivity contribution in [2.24, 2.45) is 5.92 Å². The highest BCUT2D eigenvalue weighted by molar-refractivity contribution is 7.10. The third-order valence-corrected chi connectivity index (χ3v) is 6.42. The first-order chi connectivity index (χ1) is 15.6. The van der Waals surface area contributed by atoms with Crippen LogP contribution in [0.15, 0.2) is 41.8 Å². The highest BCUT2D eigenvalue weighted by Gasteiger charge is 2.30. The summed E-state index contributed by atoms with van der Waals surface area (Å²) in [5.74, 6) is -0.258. The van der Waals surface area contributed by atoms with Gasteiger partial charge in [-0.3, -0.25) is 4.79 Å². The summed E-state index contributed by atoms with van der Waals surface area (Å²) < 4.78 is 5.39. The zero-order valence-electron chi connectivity index (χ0n) is 20.0. The minimum absolute atomic E-state index is 0.102. The first-order valence-electron chi connectivity index (χ1n) is 11.3. The van der Waals surface area contributed by atoms with E-state index < -0.39 is 23.8 Å². The number of hydrogen-bond acceptors (Lipinski definition) is 6. The number of thiophene rings is 1. The molecule has 1 heterocycles. The molecule has 1 aromatic carbocycles. The SMILES string of the molecule is CCC(C)C(CO)NC(=O)c1ccsc1C(O)C(Cc1ccccc1)NC(=O)OC(C)(C)C. The number of ether oxygens (including phenoxy) is 1.